The molecule has 2 aliphatic rings. The molecule has 1 fully saturated rings. The van der Waals surface area contributed by atoms with E-state index in [1.807, 2.05) is 50.2 Å². The number of aromatic nitrogens is 4. The fourth-order valence-corrected chi connectivity index (χ4v) is 3.69. The van der Waals surface area contributed by atoms with E-state index in [9.17, 15) is 4.79 Å². The molecule has 0 saturated carbocycles. The van der Waals surface area contributed by atoms with Crippen molar-refractivity contribution in [3.05, 3.63) is 42.2 Å². The van der Waals surface area contributed by atoms with Crippen molar-refractivity contribution in [1.29, 1.82) is 0 Å². The number of nitrogens with zero attached hydrogens (tertiary/aromatic N) is 5. The Balaban J connectivity index is 1.15. The number of fused-ring (bicyclic) bond motifs is 2. The van der Waals surface area contributed by atoms with Crippen LogP contribution in [0.3, 0.4) is 0 Å². The lowest BCUT2D eigenvalue weighted by Crippen LogP contribution is -2.55. The summed E-state index contributed by atoms with van der Waals surface area (Å²) in [4.78, 5) is 14.8. The predicted molar refractivity (Wildman–Crippen MR) is 105 cm³/mol. The van der Waals surface area contributed by atoms with Gasteiger partial charge in [-0.3, -0.25) is 4.79 Å². The maximum Gasteiger partial charge on any atom is 0.265 e. The number of anilines is 1. The summed E-state index contributed by atoms with van der Waals surface area (Å²) >= 11 is 0. The first-order chi connectivity index (χ1) is 14.1. The zero-order valence-corrected chi connectivity index (χ0v) is 16.3. The summed E-state index contributed by atoms with van der Waals surface area (Å²) in [5, 5.41) is 15.7. The molecule has 0 bridgehead atoms. The maximum absolute atomic E-state index is 12.6. The number of benzene rings is 1. The van der Waals surface area contributed by atoms with Crippen LogP contribution >= 0.6 is 0 Å². The molecule has 0 spiro atoms. The van der Waals surface area contributed by atoms with Gasteiger partial charge in [0, 0.05) is 25.6 Å². The number of nitrogens with one attached hydrogen (secondary N) is 1. The van der Waals surface area contributed by atoms with E-state index in [4.69, 9.17) is 9.47 Å². The third-order valence-corrected chi connectivity index (χ3v) is 5.35. The minimum absolute atomic E-state index is 0.148. The van der Waals surface area contributed by atoms with Crippen molar-refractivity contribution < 1.29 is 14.3 Å². The molecule has 1 saturated heterocycles. The van der Waals surface area contributed by atoms with E-state index >= 15 is 0 Å². The number of aryl methyl sites for hydroxylation is 1. The van der Waals surface area contributed by atoms with Crippen molar-refractivity contribution in [2.45, 2.75) is 26.1 Å². The molecule has 2 aromatic heterocycles. The SMILES string of the molecule is Cc1nnc2ccc(N3CC(CNC(=O)C4Oc5ccccc5OC4C)C3)nn12. The third-order valence-electron chi connectivity index (χ3n) is 5.35. The molecule has 4 heterocycles. The monoisotopic (exact) mass is 394 g/mol. The molecule has 1 aromatic carbocycles. The Morgan fingerprint density at radius 1 is 1.14 bits per heavy atom. The highest BCUT2D eigenvalue weighted by molar-refractivity contribution is 5.82. The molecular formula is C20H22N6O3. The van der Waals surface area contributed by atoms with Gasteiger partial charge >= 0.3 is 0 Å². The Morgan fingerprint density at radius 2 is 1.90 bits per heavy atom. The quantitative estimate of drug-likeness (QED) is 0.711. The molecule has 1 N–H and O–H groups in total. The highest BCUT2D eigenvalue weighted by Gasteiger charge is 2.35. The Hall–Kier alpha value is -3.36. The van der Waals surface area contributed by atoms with Gasteiger partial charge in [-0.2, -0.15) is 4.52 Å². The Bertz CT molecular complexity index is 1060. The molecule has 9 heteroatoms. The molecule has 150 valence electrons. The molecule has 2 unspecified atom stereocenters. The lowest BCUT2D eigenvalue weighted by Gasteiger charge is -2.40. The van der Waals surface area contributed by atoms with E-state index in [-0.39, 0.29) is 12.0 Å². The van der Waals surface area contributed by atoms with E-state index in [2.05, 4.69) is 25.5 Å². The van der Waals surface area contributed by atoms with Crippen molar-refractivity contribution in [3.8, 4) is 11.5 Å². The average Bonchev–Trinajstić information content (AvgIpc) is 3.06. The molecule has 0 aliphatic carbocycles. The number of carbonyl (C=O) groups excluding carboxylic acids is 1. The van der Waals surface area contributed by atoms with Crippen molar-refractivity contribution in [3.63, 3.8) is 0 Å². The Labute approximate surface area is 167 Å². The summed E-state index contributed by atoms with van der Waals surface area (Å²) in [6.45, 7) is 5.99. The molecule has 29 heavy (non-hydrogen) atoms. The number of ether oxygens (including phenoxy) is 2. The van der Waals surface area contributed by atoms with Crippen LogP contribution in [0.25, 0.3) is 5.65 Å². The highest BCUT2D eigenvalue weighted by Crippen LogP contribution is 2.33. The number of hydrogen-bond acceptors (Lipinski definition) is 7. The van der Waals surface area contributed by atoms with Gasteiger partial charge in [0.15, 0.2) is 23.0 Å². The summed E-state index contributed by atoms with van der Waals surface area (Å²) in [6.07, 6.45) is -0.993. The Morgan fingerprint density at radius 3 is 2.69 bits per heavy atom. The minimum atomic E-state index is -0.651. The summed E-state index contributed by atoms with van der Waals surface area (Å²) in [5.74, 6) is 3.14. The van der Waals surface area contributed by atoms with Crippen LogP contribution in [0.2, 0.25) is 0 Å². The van der Waals surface area contributed by atoms with Crippen molar-refractivity contribution in [1.82, 2.24) is 25.1 Å². The van der Waals surface area contributed by atoms with Gasteiger partial charge < -0.3 is 19.7 Å². The third kappa shape index (κ3) is 3.22. The van der Waals surface area contributed by atoms with Gasteiger partial charge in [0.2, 0.25) is 6.10 Å². The first kappa shape index (κ1) is 17.7. The van der Waals surface area contributed by atoms with Crippen LogP contribution in [0.5, 0.6) is 11.5 Å². The minimum Gasteiger partial charge on any atom is -0.482 e. The number of carbonyl (C=O) groups is 1. The van der Waals surface area contributed by atoms with E-state index < -0.39 is 6.10 Å². The second kappa shape index (κ2) is 6.91. The molecule has 3 aromatic rings. The maximum atomic E-state index is 12.6. The van der Waals surface area contributed by atoms with Crippen LogP contribution in [-0.2, 0) is 4.79 Å². The summed E-state index contributed by atoms with van der Waals surface area (Å²) < 4.78 is 13.4. The van der Waals surface area contributed by atoms with E-state index in [1.165, 1.54) is 0 Å². The van der Waals surface area contributed by atoms with Crippen LogP contribution in [0.4, 0.5) is 5.82 Å². The molecular weight excluding hydrogens is 372 g/mol. The van der Waals surface area contributed by atoms with Gasteiger partial charge in [0.25, 0.3) is 5.91 Å². The van der Waals surface area contributed by atoms with Crippen molar-refractivity contribution in [2.24, 2.45) is 5.92 Å². The normalized spacial score (nSPS) is 21.1. The van der Waals surface area contributed by atoms with Gasteiger partial charge in [-0.15, -0.1) is 15.3 Å². The molecule has 5 rings (SSSR count). The molecule has 2 aliphatic heterocycles. The predicted octanol–water partition coefficient (Wildman–Crippen LogP) is 1.21. The zero-order chi connectivity index (χ0) is 20.0. The number of para-hydroxylation sites is 2. The number of hydrogen-bond donors (Lipinski definition) is 1. The van der Waals surface area contributed by atoms with Gasteiger partial charge in [0.1, 0.15) is 11.9 Å². The van der Waals surface area contributed by atoms with Crippen LogP contribution in [0.15, 0.2) is 36.4 Å². The molecule has 0 radical (unpaired) electrons. The topological polar surface area (TPSA) is 93.9 Å². The Kier molecular flexibility index (Phi) is 4.22. The number of amides is 1. The highest BCUT2D eigenvalue weighted by atomic mass is 16.6. The van der Waals surface area contributed by atoms with Crippen LogP contribution in [0, 0.1) is 12.8 Å². The van der Waals surface area contributed by atoms with Crippen LogP contribution < -0.4 is 19.7 Å². The first-order valence-electron chi connectivity index (χ1n) is 9.72. The second-order valence-corrected chi connectivity index (χ2v) is 7.53. The summed E-state index contributed by atoms with van der Waals surface area (Å²) in [5.41, 5.74) is 0.737. The van der Waals surface area contributed by atoms with E-state index in [1.54, 1.807) is 4.52 Å². The van der Waals surface area contributed by atoms with Gasteiger partial charge in [-0.05, 0) is 38.1 Å². The molecule has 1 amide bonds. The fraction of sp³-hybridized carbons (Fsp3) is 0.400. The molecule has 9 nitrogen and oxygen atoms in total. The van der Waals surface area contributed by atoms with Crippen LogP contribution in [0.1, 0.15) is 12.7 Å². The molecule has 2 atom stereocenters. The first-order valence-corrected chi connectivity index (χ1v) is 9.72. The zero-order valence-electron chi connectivity index (χ0n) is 16.3. The lowest BCUT2D eigenvalue weighted by molar-refractivity contribution is -0.133. The van der Waals surface area contributed by atoms with E-state index in [0.717, 1.165) is 30.4 Å². The standard InChI is InChI=1S/C20H22N6O3/c1-12-19(29-16-6-4-3-5-15(16)28-12)20(27)21-9-14-10-25(11-14)18-8-7-17-23-22-13(2)26(17)24-18/h3-8,12,14,19H,9-11H2,1-2H3,(H,21,27). The smallest absolute Gasteiger partial charge is 0.265 e. The van der Waals surface area contributed by atoms with Crippen molar-refractivity contribution >= 4 is 17.4 Å². The van der Waals surface area contributed by atoms with Gasteiger partial charge in [0.05, 0.1) is 0 Å². The fourth-order valence-electron chi connectivity index (χ4n) is 3.69. The number of rotatable bonds is 4. The largest absolute Gasteiger partial charge is 0.482 e. The average molecular weight is 394 g/mol. The van der Waals surface area contributed by atoms with Gasteiger partial charge in [-0.1, -0.05) is 12.1 Å². The second-order valence-electron chi connectivity index (χ2n) is 7.53. The summed E-state index contributed by atoms with van der Waals surface area (Å²) in [7, 11) is 0. The lowest BCUT2D eigenvalue weighted by atomic mass is 10.00. The van der Waals surface area contributed by atoms with Crippen LogP contribution in [-0.4, -0.2) is 57.6 Å². The summed E-state index contributed by atoms with van der Waals surface area (Å²) in [6, 6.07) is 11.3. The van der Waals surface area contributed by atoms with E-state index in [0.29, 0.717) is 24.0 Å². The van der Waals surface area contributed by atoms with Gasteiger partial charge in [-0.25, -0.2) is 0 Å². The van der Waals surface area contributed by atoms with Crippen molar-refractivity contribution in [2.75, 3.05) is 24.5 Å².